The normalized spacial score (nSPS) is 14.5. The van der Waals surface area contributed by atoms with Crippen molar-refractivity contribution in [2.24, 2.45) is 4.99 Å². The third kappa shape index (κ3) is 6.05. The smallest absolute Gasteiger partial charge is 0.269 e. The summed E-state index contributed by atoms with van der Waals surface area (Å²) in [5.74, 6) is 0.0585. The molecule has 1 aliphatic rings. The molecule has 7 nitrogen and oxygen atoms in total. The molecule has 0 spiro atoms. The number of nitro benzene ring substituents is 1. The predicted octanol–water partition coefficient (Wildman–Crippen LogP) is 4.75. The molecule has 3 rings (SSSR count). The van der Waals surface area contributed by atoms with E-state index in [1.807, 2.05) is 30.3 Å². The number of nitro groups is 1. The fourth-order valence-corrected chi connectivity index (χ4v) is 3.98. The number of carbonyl (C=O) groups is 1. The molecule has 1 aliphatic heterocycles. The fourth-order valence-electron chi connectivity index (χ4n) is 3.11. The Hall–Kier alpha value is -2.87. The minimum absolute atomic E-state index is 0.0113. The summed E-state index contributed by atoms with van der Waals surface area (Å²) in [7, 11) is 0. The summed E-state index contributed by atoms with van der Waals surface area (Å²) in [5, 5.41) is 14.6. The lowest BCUT2D eigenvalue weighted by molar-refractivity contribution is -0.384. The second-order valence-electron chi connectivity index (χ2n) is 6.87. The number of benzene rings is 2. The monoisotopic (exact) mass is 412 g/mol. The molecule has 0 bridgehead atoms. The maximum atomic E-state index is 12.5. The van der Waals surface area contributed by atoms with Gasteiger partial charge in [-0.1, -0.05) is 30.0 Å². The van der Waals surface area contributed by atoms with Gasteiger partial charge in [0.05, 0.1) is 16.4 Å². The molecule has 0 aliphatic carbocycles. The highest BCUT2D eigenvalue weighted by molar-refractivity contribution is 8.14. The highest BCUT2D eigenvalue weighted by Gasteiger charge is 2.18. The molecular formula is C21H24N4O3S. The average Bonchev–Trinajstić information content (AvgIpc) is 2.74. The molecule has 2 aromatic carbocycles. The number of thioether (sulfide) groups is 1. The standard InChI is InChI=1S/C21H24N4O3S/c1-16-14-18(25(27)28)10-11-19(16)23-20(26)15-29-21(24-12-6-3-7-13-24)22-17-8-4-2-5-9-17/h2,4-5,8-11,14H,3,6-7,12-13,15H2,1H3,(H,23,26). The van der Waals surface area contributed by atoms with Crippen LogP contribution in [0.25, 0.3) is 0 Å². The summed E-state index contributed by atoms with van der Waals surface area (Å²) in [6, 6.07) is 14.2. The molecule has 2 aromatic rings. The van der Waals surface area contributed by atoms with E-state index in [0.29, 0.717) is 11.3 Å². The van der Waals surface area contributed by atoms with E-state index in [0.717, 1.165) is 36.8 Å². The van der Waals surface area contributed by atoms with Crippen LogP contribution >= 0.6 is 11.8 Å². The minimum atomic E-state index is -0.445. The van der Waals surface area contributed by atoms with Crippen molar-refractivity contribution in [2.75, 3.05) is 24.2 Å². The van der Waals surface area contributed by atoms with Gasteiger partial charge in [0.1, 0.15) is 0 Å². The van der Waals surface area contributed by atoms with E-state index in [9.17, 15) is 14.9 Å². The first-order valence-corrected chi connectivity index (χ1v) is 10.6. The lowest BCUT2D eigenvalue weighted by Crippen LogP contribution is -2.34. The van der Waals surface area contributed by atoms with Crippen LogP contribution in [0.5, 0.6) is 0 Å². The molecule has 1 fully saturated rings. The van der Waals surface area contributed by atoms with E-state index >= 15 is 0 Å². The average molecular weight is 413 g/mol. The molecule has 152 valence electrons. The second kappa shape index (κ2) is 10.1. The first-order chi connectivity index (χ1) is 14.0. The van der Waals surface area contributed by atoms with Gasteiger partial charge in [0.2, 0.25) is 5.91 Å². The number of amides is 1. The van der Waals surface area contributed by atoms with Crippen molar-refractivity contribution in [3.8, 4) is 0 Å². The topological polar surface area (TPSA) is 87.8 Å². The van der Waals surface area contributed by atoms with Gasteiger partial charge in [0.25, 0.3) is 5.69 Å². The number of hydrogen-bond donors (Lipinski definition) is 1. The number of para-hydroxylation sites is 1. The van der Waals surface area contributed by atoms with Crippen LogP contribution in [-0.4, -0.2) is 39.7 Å². The first-order valence-electron chi connectivity index (χ1n) is 9.59. The number of non-ortho nitro benzene ring substituents is 1. The summed E-state index contributed by atoms with van der Waals surface area (Å²) in [6.45, 7) is 3.63. The summed E-state index contributed by atoms with van der Waals surface area (Å²) >= 11 is 1.42. The number of hydrogen-bond acceptors (Lipinski definition) is 5. The van der Waals surface area contributed by atoms with Gasteiger partial charge in [0.15, 0.2) is 5.17 Å². The third-order valence-corrected chi connectivity index (χ3v) is 5.65. The Balaban J connectivity index is 1.66. The predicted molar refractivity (Wildman–Crippen MR) is 118 cm³/mol. The summed E-state index contributed by atoms with van der Waals surface area (Å²) < 4.78 is 0. The lowest BCUT2D eigenvalue weighted by Gasteiger charge is -2.29. The van der Waals surface area contributed by atoms with E-state index in [4.69, 9.17) is 4.99 Å². The highest BCUT2D eigenvalue weighted by Crippen LogP contribution is 2.23. The number of likely N-dealkylation sites (tertiary alicyclic amines) is 1. The number of anilines is 1. The Kier molecular flexibility index (Phi) is 7.24. The van der Waals surface area contributed by atoms with Crippen molar-refractivity contribution < 1.29 is 9.72 Å². The number of piperidine rings is 1. The van der Waals surface area contributed by atoms with E-state index in [2.05, 4.69) is 10.2 Å². The molecule has 0 aromatic heterocycles. The Morgan fingerprint density at radius 2 is 1.90 bits per heavy atom. The Morgan fingerprint density at radius 1 is 1.17 bits per heavy atom. The van der Waals surface area contributed by atoms with Crippen molar-refractivity contribution in [3.63, 3.8) is 0 Å². The van der Waals surface area contributed by atoms with Gasteiger partial charge in [-0.25, -0.2) is 4.99 Å². The zero-order valence-corrected chi connectivity index (χ0v) is 17.2. The highest BCUT2D eigenvalue weighted by atomic mass is 32.2. The van der Waals surface area contributed by atoms with Crippen LogP contribution in [-0.2, 0) is 4.79 Å². The van der Waals surface area contributed by atoms with Crippen LogP contribution < -0.4 is 5.32 Å². The van der Waals surface area contributed by atoms with Gasteiger partial charge in [-0.3, -0.25) is 14.9 Å². The number of nitrogens with one attached hydrogen (secondary N) is 1. The van der Waals surface area contributed by atoms with E-state index < -0.39 is 4.92 Å². The van der Waals surface area contributed by atoms with E-state index in [-0.39, 0.29) is 17.3 Å². The molecule has 8 heteroatoms. The van der Waals surface area contributed by atoms with Gasteiger partial charge in [-0.15, -0.1) is 0 Å². The van der Waals surface area contributed by atoms with Crippen LogP contribution in [0.15, 0.2) is 53.5 Å². The summed E-state index contributed by atoms with van der Waals surface area (Å²) in [5.41, 5.74) is 2.12. The minimum Gasteiger partial charge on any atom is -0.351 e. The van der Waals surface area contributed by atoms with Gasteiger partial charge in [-0.05, 0) is 49.9 Å². The van der Waals surface area contributed by atoms with Crippen LogP contribution in [0.1, 0.15) is 24.8 Å². The molecule has 1 N–H and O–H groups in total. The summed E-state index contributed by atoms with van der Waals surface area (Å²) in [6.07, 6.45) is 3.48. The molecule has 0 saturated carbocycles. The Morgan fingerprint density at radius 3 is 2.55 bits per heavy atom. The second-order valence-corrected chi connectivity index (χ2v) is 7.81. The van der Waals surface area contributed by atoms with Gasteiger partial charge < -0.3 is 10.2 Å². The number of aliphatic imine (C=N–C) groups is 1. The number of nitrogens with zero attached hydrogens (tertiary/aromatic N) is 3. The SMILES string of the molecule is Cc1cc([N+](=O)[O-])ccc1NC(=O)CSC(=Nc1ccccc1)N1CCCCC1. The zero-order chi connectivity index (χ0) is 20.6. The van der Waals surface area contributed by atoms with Crippen molar-refractivity contribution >= 4 is 39.9 Å². The quantitative estimate of drug-likeness (QED) is 0.331. The number of rotatable bonds is 5. The van der Waals surface area contributed by atoms with E-state index in [1.165, 1.54) is 30.3 Å². The van der Waals surface area contributed by atoms with Crippen molar-refractivity contribution in [1.82, 2.24) is 4.90 Å². The van der Waals surface area contributed by atoms with Crippen molar-refractivity contribution in [3.05, 3.63) is 64.2 Å². The van der Waals surface area contributed by atoms with Crippen LogP contribution in [0, 0.1) is 17.0 Å². The molecule has 0 atom stereocenters. The van der Waals surface area contributed by atoms with Crippen LogP contribution in [0.3, 0.4) is 0 Å². The Labute approximate surface area is 174 Å². The molecule has 1 saturated heterocycles. The molecule has 1 amide bonds. The van der Waals surface area contributed by atoms with Crippen molar-refractivity contribution in [2.45, 2.75) is 26.2 Å². The molecule has 0 unspecified atom stereocenters. The molecule has 29 heavy (non-hydrogen) atoms. The van der Waals surface area contributed by atoms with Crippen LogP contribution in [0.2, 0.25) is 0 Å². The maximum absolute atomic E-state index is 12.5. The van der Waals surface area contributed by atoms with E-state index in [1.54, 1.807) is 13.0 Å². The summed E-state index contributed by atoms with van der Waals surface area (Å²) in [4.78, 5) is 29.9. The van der Waals surface area contributed by atoms with Crippen LogP contribution in [0.4, 0.5) is 17.1 Å². The first kappa shape index (κ1) is 20.9. The maximum Gasteiger partial charge on any atom is 0.269 e. The fraction of sp³-hybridized carbons (Fsp3) is 0.333. The molecule has 0 radical (unpaired) electrons. The number of aryl methyl sites for hydroxylation is 1. The molecular weight excluding hydrogens is 388 g/mol. The van der Waals surface area contributed by atoms with Gasteiger partial charge >= 0.3 is 0 Å². The number of carbonyl (C=O) groups excluding carboxylic acids is 1. The third-order valence-electron chi connectivity index (χ3n) is 4.63. The van der Waals surface area contributed by atoms with Crippen molar-refractivity contribution in [1.29, 1.82) is 0 Å². The van der Waals surface area contributed by atoms with Gasteiger partial charge in [0, 0.05) is 30.9 Å². The Bertz CT molecular complexity index is 896. The largest absolute Gasteiger partial charge is 0.351 e. The van der Waals surface area contributed by atoms with Gasteiger partial charge in [-0.2, -0.15) is 0 Å². The lowest BCUT2D eigenvalue weighted by atomic mass is 10.1. The number of amidine groups is 1. The zero-order valence-electron chi connectivity index (χ0n) is 16.3. The molecule has 1 heterocycles.